The van der Waals surface area contributed by atoms with Gasteiger partial charge in [-0.15, -0.1) is 0 Å². The Labute approximate surface area is 137 Å². The molecule has 0 aliphatic rings. The lowest BCUT2D eigenvalue weighted by Crippen LogP contribution is -2.35. The van der Waals surface area contributed by atoms with Crippen LogP contribution < -0.4 is 10.9 Å². The molecule has 24 heavy (non-hydrogen) atoms. The first-order valence-corrected chi connectivity index (χ1v) is 7.81. The van der Waals surface area contributed by atoms with Crippen molar-refractivity contribution in [1.29, 1.82) is 0 Å². The van der Waals surface area contributed by atoms with Crippen LogP contribution in [0.3, 0.4) is 0 Å². The van der Waals surface area contributed by atoms with Gasteiger partial charge in [-0.2, -0.15) is 5.10 Å². The molecule has 9 heteroatoms. The zero-order valence-electron chi connectivity index (χ0n) is 13.8. The van der Waals surface area contributed by atoms with Crippen molar-refractivity contribution in [3.8, 4) is 0 Å². The number of aromatic amines is 1. The summed E-state index contributed by atoms with van der Waals surface area (Å²) in [4.78, 5) is 33.4. The first kappa shape index (κ1) is 15.9. The lowest BCUT2D eigenvalue weighted by Gasteiger charge is -2.16. The van der Waals surface area contributed by atoms with Gasteiger partial charge in [0.2, 0.25) is 0 Å². The quantitative estimate of drug-likeness (QED) is 0.720. The highest BCUT2D eigenvalue weighted by atomic mass is 16.2. The molecule has 0 fully saturated rings. The number of amides is 1. The second-order valence-corrected chi connectivity index (χ2v) is 5.48. The number of aryl methyl sites for hydroxylation is 2. The lowest BCUT2D eigenvalue weighted by atomic mass is 10.2. The van der Waals surface area contributed by atoms with E-state index >= 15 is 0 Å². The SMILES string of the molecule is CC[C@H](NC(=O)c1cnc2cc(C)[nH]n2c1=O)c1ncnn1CC. The van der Waals surface area contributed by atoms with Gasteiger partial charge >= 0.3 is 0 Å². The van der Waals surface area contributed by atoms with Crippen LogP contribution in [0.4, 0.5) is 0 Å². The van der Waals surface area contributed by atoms with Crippen LogP contribution in [-0.4, -0.2) is 35.3 Å². The number of hydrogen-bond acceptors (Lipinski definition) is 5. The Morgan fingerprint density at radius 2 is 2.17 bits per heavy atom. The Morgan fingerprint density at radius 1 is 1.38 bits per heavy atom. The molecule has 9 nitrogen and oxygen atoms in total. The van der Waals surface area contributed by atoms with E-state index < -0.39 is 11.5 Å². The summed E-state index contributed by atoms with van der Waals surface area (Å²) in [6.45, 7) is 6.35. The van der Waals surface area contributed by atoms with E-state index in [1.165, 1.54) is 17.0 Å². The number of carbonyl (C=O) groups excluding carboxylic acids is 1. The zero-order chi connectivity index (χ0) is 17.3. The average Bonchev–Trinajstić information content (AvgIpc) is 3.18. The van der Waals surface area contributed by atoms with Crippen LogP contribution in [0, 0.1) is 6.92 Å². The number of nitrogens with zero attached hydrogens (tertiary/aromatic N) is 5. The molecule has 0 saturated heterocycles. The second kappa shape index (κ2) is 6.26. The maximum Gasteiger partial charge on any atom is 0.285 e. The number of fused-ring (bicyclic) bond motifs is 1. The van der Waals surface area contributed by atoms with Crippen molar-refractivity contribution in [2.75, 3.05) is 0 Å². The molecule has 3 aromatic rings. The summed E-state index contributed by atoms with van der Waals surface area (Å²) < 4.78 is 2.98. The van der Waals surface area contributed by atoms with Gasteiger partial charge in [-0.1, -0.05) is 6.92 Å². The molecule has 0 aliphatic carbocycles. The summed E-state index contributed by atoms with van der Waals surface area (Å²) >= 11 is 0. The Balaban J connectivity index is 1.91. The van der Waals surface area contributed by atoms with Crippen molar-refractivity contribution >= 4 is 11.6 Å². The van der Waals surface area contributed by atoms with Gasteiger partial charge in [0.15, 0.2) is 5.65 Å². The average molecular weight is 329 g/mol. The summed E-state index contributed by atoms with van der Waals surface area (Å²) in [7, 11) is 0. The number of hydrogen-bond donors (Lipinski definition) is 2. The number of carbonyl (C=O) groups is 1. The predicted molar refractivity (Wildman–Crippen MR) is 86.7 cm³/mol. The number of H-pyrrole nitrogens is 1. The minimum Gasteiger partial charge on any atom is -0.342 e. The smallest absolute Gasteiger partial charge is 0.285 e. The first-order valence-electron chi connectivity index (χ1n) is 7.81. The molecule has 0 aliphatic heterocycles. The van der Waals surface area contributed by atoms with Crippen molar-refractivity contribution in [3.05, 3.63) is 46.0 Å². The monoisotopic (exact) mass is 329 g/mol. The van der Waals surface area contributed by atoms with E-state index in [1.54, 1.807) is 10.7 Å². The molecule has 0 aromatic carbocycles. The van der Waals surface area contributed by atoms with Crippen LogP contribution in [-0.2, 0) is 6.54 Å². The van der Waals surface area contributed by atoms with Crippen LogP contribution in [0.1, 0.15) is 48.2 Å². The highest BCUT2D eigenvalue weighted by molar-refractivity contribution is 5.93. The van der Waals surface area contributed by atoms with Gasteiger partial charge in [-0.3, -0.25) is 14.7 Å². The van der Waals surface area contributed by atoms with Gasteiger partial charge < -0.3 is 5.32 Å². The van der Waals surface area contributed by atoms with Crippen molar-refractivity contribution in [2.24, 2.45) is 0 Å². The molecule has 1 atom stereocenters. The molecule has 126 valence electrons. The zero-order valence-corrected chi connectivity index (χ0v) is 13.8. The van der Waals surface area contributed by atoms with Crippen LogP contribution >= 0.6 is 0 Å². The molecule has 2 N–H and O–H groups in total. The summed E-state index contributed by atoms with van der Waals surface area (Å²) in [6.07, 6.45) is 3.39. The molecular formula is C15H19N7O2. The summed E-state index contributed by atoms with van der Waals surface area (Å²) in [5, 5.41) is 9.83. The summed E-state index contributed by atoms with van der Waals surface area (Å²) in [5.74, 6) is 0.185. The third-order valence-corrected chi connectivity index (χ3v) is 3.84. The van der Waals surface area contributed by atoms with Crippen LogP contribution in [0.2, 0.25) is 0 Å². The fraction of sp³-hybridized carbons (Fsp3) is 0.400. The van der Waals surface area contributed by atoms with E-state index in [1.807, 2.05) is 20.8 Å². The van der Waals surface area contributed by atoms with E-state index in [2.05, 4.69) is 25.5 Å². The normalized spacial score (nSPS) is 12.5. The van der Waals surface area contributed by atoms with Gasteiger partial charge in [-0.25, -0.2) is 19.2 Å². The number of aromatic nitrogens is 6. The molecule has 1 amide bonds. The third kappa shape index (κ3) is 2.68. The minimum atomic E-state index is -0.480. The van der Waals surface area contributed by atoms with Gasteiger partial charge in [0.05, 0.1) is 6.04 Å². The molecular weight excluding hydrogens is 310 g/mol. The second-order valence-electron chi connectivity index (χ2n) is 5.48. The van der Waals surface area contributed by atoms with E-state index in [0.717, 1.165) is 5.69 Å². The first-order chi connectivity index (χ1) is 11.5. The van der Waals surface area contributed by atoms with Crippen molar-refractivity contribution < 1.29 is 4.79 Å². The molecule has 3 rings (SSSR count). The molecule has 0 radical (unpaired) electrons. The van der Waals surface area contributed by atoms with E-state index in [0.29, 0.717) is 24.4 Å². The van der Waals surface area contributed by atoms with E-state index in [9.17, 15) is 9.59 Å². The standard InChI is InChI=1S/C15H19N7O2/c1-4-11(13-17-8-18-21(13)5-2)19-14(23)10-7-16-12-6-9(3)20-22(12)15(10)24/h6-8,11,20H,4-5H2,1-3H3,(H,19,23)/t11-/m0/s1. The largest absolute Gasteiger partial charge is 0.342 e. The summed E-state index contributed by atoms with van der Waals surface area (Å²) in [5.41, 5.74) is 0.819. The highest BCUT2D eigenvalue weighted by Crippen LogP contribution is 2.14. The van der Waals surface area contributed by atoms with E-state index in [4.69, 9.17) is 0 Å². The Bertz CT molecular complexity index is 937. The van der Waals surface area contributed by atoms with Crippen molar-refractivity contribution in [1.82, 2.24) is 34.7 Å². The molecule has 0 saturated carbocycles. The molecule has 0 bridgehead atoms. The topological polar surface area (TPSA) is 110 Å². The fourth-order valence-corrected chi connectivity index (χ4v) is 2.61. The van der Waals surface area contributed by atoms with Crippen LogP contribution in [0.15, 0.2) is 23.4 Å². The molecule has 0 unspecified atom stereocenters. The van der Waals surface area contributed by atoms with Gasteiger partial charge in [0, 0.05) is 24.5 Å². The molecule has 3 aromatic heterocycles. The van der Waals surface area contributed by atoms with Crippen molar-refractivity contribution in [3.63, 3.8) is 0 Å². The Hall–Kier alpha value is -2.97. The van der Waals surface area contributed by atoms with Crippen LogP contribution in [0.25, 0.3) is 5.65 Å². The minimum absolute atomic E-state index is 0.0182. The fourth-order valence-electron chi connectivity index (χ4n) is 2.61. The number of rotatable bonds is 5. The van der Waals surface area contributed by atoms with Gasteiger partial charge in [0.25, 0.3) is 11.5 Å². The lowest BCUT2D eigenvalue weighted by molar-refractivity contribution is 0.0930. The summed E-state index contributed by atoms with van der Waals surface area (Å²) in [6, 6.07) is 1.41. The predicted octanol–water partition coefficient (Wildman–Crippen LogP) is 0.824. The molecule has 3 heterocycles. The Morgan fingerprint density at radius 3 is 2.88 bits per heavy atom. The van der Waals surface area contributed by atoms with Gasteiger partial charge in [-0.05, 0) is 20.3 Å². The van der Waals surface area contributed by atoms with Crippen molar-refractivity contribution in [2.45, 2.75) is 39.8 Å². The van der Waals surface area contributed by atoms with E-state index in [-0.39, 0.29) is 11.6 Å². The maximum atomic E-state index is 12.5. The third-order valence-electron chi connectivity index (χ3n) is 3.84. The maximum absolute atomic E-state index is 12.5. The van der Waals surface area contributed by atoms with Gasteiger partial charge in [0.1, 0.15) is 17.7 Å². The Kier molecular flexibility index (Phi) is 4.15. The molecule has 0 spiro atoms. The number of nitrogens with one attached hydrogen (secondary N) is 2. The highest BCUT2D eigenvalue weighted by Gasteiger charge is 2.21. The van der Waals surface area contributed by atoms with Crippen LogP contribution in [0.5, 0.6) is 0 Å².